The van der Waals surface area contributed by atoms with Gasteiger partial charge in [0.25, 0.3) is 0 Å². The molecule has 11 heteroatoms. The number of carbonyl (C=O) groups is 1. The summed E-state index contributed by atoms with van der Waals surface area (Å²) in [6.07, 6.45) is 1.65. The van der Waals surface area contributed by atoms with E-state index in [1.807, 2.05) is 6.92 Å². The highest BCUT2D eigenvalue weighted by molar-refractivity contribution is 7.89. The Morgan fingerprint density at radius 1 is 1.32 bits per heavy atom. The molecular weight excluding hydrogens is 402 g/mol. The van der Waals surface area contributed by atoms with Gasteiger partial charge >= 0.3 is 6.03 Å². The second-order valence-corrected chi connectivity index (χ2v) is 9.23. The molecule has 1 aromatic heterocycles. The van der Waals surface area contributed by atoms with Crippen LogP contribution in [0, 0.1) is 0 Å². The summed E-state index contributed by atoms with van der Waals surface area (Å²) in [4.78, 5) is 12.3. The van der Waals surface area contributed by atoms with Crippen LogP contribution in [-0.4, -0.2) is 66.4 Å². The first-order valence-electron chi connectivity index (χ1n) is 9.18. The number of amides is 2. The van der Waals surface area contributed by atoms with Crippen LogP contribution in [0.25, 0.3) is 11.0 Å². The molecule has 9 nitrogen and oxygen atoms in total. The molecule has 0 atom stereocenters. The van der Waals surface area contributed by atoms with Gasteiger partial charge in [-0.15, -0.1) is 0 Å². The molecule has 3 rings (SSSR count). The van der Waals surface area contributed by atoms with Crippen LogP contribution in [0.5, 0.6) is 0 Å². The van der Waals surface area contributed by atoms with Crippen LogP contribution in [0.1, 0.15) is 26.2 Å². The molecule has 0 unspecified atom stereocenters. The summed E-state index contributed by atoms with van der Waals surface area (Å²) in [5.74, 6) is 0. The number of piperidine rings is 1. The van der Waals surface area contributed by atoms with Crippen molar-refractivity contribution in [2.24, 2.45) is 0 Å². The van der Waals surface area contributed by atoms with Crippen molar-refractivity contribution < 1.29 is 17.9 Å². The van der Waals surface area contributed by atoms with E-state index in [0.29, 0.717) is 56.5 Å². The van der Waals surface area contributed by atoms with Gasteiger partial charge in [-0.3, -0.25) is 0 Å². The summed E-state index contributed by atoms with van der Waals surface area (Å²) in [6.45, 7) is 3.49. The second-order valence-electron chi connectivity index (χ2n) is 6.80. The predicted molar refractivity (Wildman–Crippen MR) is 107 cm³/mol. The Labute approximate surface area is 168 Å². The number of hydrogen-bond donors (Lipinski definition) is 2. The molecule has 1 aromatic carbocycles. The lowest BCUT2D eigenvalue weighted by Crippen LogP contribution is -2.58. The summed E-state index contributed by atoms with van der Waals surface area (Å²) < 4.78 is 41.3. The third kappa shape index (κ3) is 4.27. The minimum atomic E-state index is -3.69. The van der Waals surface area contributed by atoms with Gasteiger partial charge in [-0.25, -0.2) is 13.2 Å². The van der Waals surface area contributed by atoms with E-state index in [-0.39, 0.29) is 10.9 Å². The van der Waals surface area contributed by atoms with E-state index in [1.165, 1.54) is 4.31 Å². The first kappa shape index (κ1) is 20.9. The number of rotatable bonds is 7. The highest BCUT2D eigenvalue weighted by Crippen LogP contribution is 2.31. The molecule has 2 heterocycles. The lowest BCUT2D eigenvalue weighted by atomic mass is 9.85. The number of aromatic nitrogens is 2. The van der Waals surface area contributed by atoms with Crippen molar-refractivity contribution in [3.8, 4) is 0 Å². The maximum Gasteiger partial charge on any atom is 0.315 e. The summed E-state index contributed by atoms with van der Waals surface area (Å²) >= 11 is 0.999. The number of nitrogens with zero attached hydrogens (tertiary/aromatic N) is 3. The number of fused-ring (bicyclic) bond motifs is 1. The van der Waals surface area contributed by atoms with Gasteiger partial charge in [0.15, 0.2) is 0 Å². The number of hydrogen-bond acceptors (Lipinski definition) is 7. The third-order valence-electron chi connectivity index (χ3n) is 5.05. The van der Waals surface area contributed by atoms with Crippen LogP contribution in [0.2, 0.25) is 0 Å². The lowest BCUT2D eigenvalue weighted by molar-refractivity contribution is 0.122. The van der Waals surface area contributed by atoms with Gasteiger partial charge in [0.1, 0.15) is 15.9 Å². The van der Waals surface area contributed by atoms with Gasteiger partial charge in [-0.1, -0.05) is 6.07 Å². The van der Waals surface area contributed by atoms with Crippen molar-refractivity contribution in [2.75, 3.05) is 33.4 Å². The van der Waals surface area contributed by atoms with Crippen molar-refractivity contribution in [1.29, 1.82) is 0 Å². The molecular formula is C17H25N5O4S2. The zero-order valence-electron chi connectivity index (χ0n) is 16.0. The van der Waals surface area contributed by atoms with Crippen LogP contribution in [-0.2, 0) is 14.8 Å². The molecule has 0 bridgehead atoms. The Morgan fingerprint density at radius 3 is 2.75 bits per heavy atom. The summed E-state index contributed by atoms with van der Waals surface area (Å²) in [6, 6.07) is 4.76. The second kappa shape index (κ2) is 8.68. The lowest BCUT2D eigenvalue weighted by Gasteiger charge is -2.41. The molecule has 0 saturated carbocycles. The van der Waals surface area contributed by atoms with E-state index in [4.69, 9.17) is 4.74 Å². The fourth-order valence-electron chi connectivity index (χ4n) is 3.46. The van der Waals surface area contributed by atoms with Crippen LogP contribution >= 0.6 is 11.7 Å². The van der Waals surface area contributed by atoms with Crippen molar-refractivity contribution in [3.05, 3.63) is 18.2 Å². The van der Waals surface area contributed by atoms with E-state index < -0.39 is 15.6 Å². The van der Waals surface area contributed by atoms with Gasteiger partial charge in [0.2, 0.25) is 10.0 Å². The van der Waals surface area contributed by atoms with Crippen LogP contribution in [0.3, 0.4) is 0 Å². The van der Waals surface area contributed by atoms with Gasteiger partial charge in [-0.2, -0.15) is 13.1 Å². The van der Waals surface area contributed by atoms with Crippen molar-refractivity contribution in [2.45, 2.75) is 36.6 Å². The molecule has 2 N–H and O–H groups in total. The molecule has 0 spiro atoms. The van der Waals surface area contributed by atoms with Crippen molar-refractivity contribution >= 4 is 38.8 Å². The summed E-state index contributed by atoms with van der Waals surface area (Å²) in [7, 11) is -2.08. The molecule has 0 aliphatic carbocycles. The maximum absolute atomic E-state index is 13.2. The van der Waals surface area contributed by atoms with Gasteiger partial charge in [-0.05, 0) is 38.3 Å². The Morgan fingerprint density at radius 2 is 2.07 bits per heavy atom. The summed E-state index contributed by atoms with van der Waals surface area (Å²) in [5, 5.41) is 5.77. The summed E-state index contributed by atoms with van der Waals surface area (Å²) in [5.41, 5.74) is 0.495. The largest absolute Gasteiger partial charge is 0.385 e. The van der Waals surface area contributed by atoms with E-state index >= 15 is 0 Å². The van der Waals surface area contributed by atoms with E-state index in [1.54, 1.807) is 25.3 Å². The zero-order valence-corrected chi connectivity index (χ0v) is 17.6. The van der Waals surface area contributed by atoms with E-state index in [2.05, 4.69) is 19.4 Å². The normalized spacial score (nSPS) is 17.5. The third-order valence-corrected chi connectivity index (χ3v) is 7.52. The van der Waals surface area contributed by atoms with Crippen molar-refractivity contribution in [3.63, 3.8) is 0 Å². The molecule has 1 fully saturated rings. The first-order valence-corrected chi connectivity index (χ1v) is 11.4. The smallest absolute Gasteiger partial charge is 0.315 e. The van der Waals surface area contributed by atoms with Gasteiger partial charge in [0.05, 0.1) is 11.7 Å². The molecule has 2 amide bonds. The molecule has 28 heavy (non-hydrogen) atoms. The first-order chi connectivity index (χ1) is 13.4. The Hall–Kier alpha value is -1.82. The maximum atomic E-state index is 13.2. The standard InChI is InChI=1S/C17H25N5O4S2/c1-3-18-16(23)19-17(9-12-26-2)7-10-22(11-8-17)28(24,25)14-6-4-5-13-15(14)21-27-20-13/h4-6H,3,7-12H2,1-2H3,(H2,18,19,23). The van der Waals surface area contributed by atoms with Crippen LogP contribution in [0.4, 0.5) is 4.79 Å². The average Bonchev–Trinajstić information content (AvgIpc) is 3.15. The number of nitrogens with one attached hydrogen (secondary N) is 2. The fraction of sp³-hybridized carbons (Fsp3) is 0.588. The van der Waals surface area contributed by atoms with Crippen LogP contribution < -0.4 is 10.6 Å². The quantitative estimate of drug-likeness (QED) is 0.693. The Bertz CT molecular complexity index is 923. The fourth-order valence-corrected chi connectivity index (χ4v) is 5.66. The molecule has 1 aliphatic heterocycles. The van der Waals surface area contributed by atoms with E-state index in [9.17, 15) is 13.2 Å². The number of ether oxygens (including phenoxy) is 1. The highest BCUT2D eigenvalue weighted by atomic mass is 32.2. The van der Waals surface area contributed by atoms with Gasteiger partial charge in [0, 0.05) is 38.9 Å². The van der Waals surface area contributed by atoms with Gasteiger partial charge < -0.3 is 15.4 Å². The molecule has 1 saturated heterocycles. The Kier molecular flexibility index (Phi) is 6.48. The molecule has 154 valence electrons. The monoisotopic (exact) mass is 427 g/mol. The molecule has 0 radical (unpaired) electrons. The number of carbonyl (C=O) groups excluding carboxylic acids is 1. The number of sulfonamides is 1. The average molecular weight is 428 g/mol. The zero-order chi connectivity index (χ0) is 20.2. The van der Waals surface area contributed by atoms with E-state index in [0.717, 1.165) is 11.7 Å². The molecule has 2 aromatic rings. The minimum Gasteiger partial charge on any atom is -0.385 e. The predicted octanol–water partition coefficient (Wildman–Crippen LogP) is 1.57. The topological polar surface area (TPSA) is 114 Å². The molecule has 1 aliphatic rings. The Balaban J connectivity index is 1.78. The van der Waals surface area contributed by atoms with Crippen molar-refractivity contribution in [1.82, 2.24) is 23.7 Å². The number of methoxy groups -OCH3 is 1. The number of benzene rings is 1. The highest BCUT2D eigenvalue weighted by Gasteiger charge is 2.40. The number of urea groups is 1. The minimum absolute atomic E-state index is 0.180. The van der Waals surface area contributed by atoms with Crippen LogP contribution in [0.15, 0.2) is 23.1 Å². The SMILES string of the molecule is CCNC(=O)NC1(CCOC)CCN(S(=O)(=O)c2cccc3nsnc23)CC1.